The lowest BCUT2D eigenvalue weighted by Crippen LogP contribution is -2.49. The summed E-state index contributed by atoms with van der Waals surface area (Å²) in [5.41, 5.74) is 1.37. The van der Waals surface area contributed by atoms with Gasteiger partial charge in [0.1, 0.15) is 0 Å². The summed E-state index contributed by atoms with van der Waals surface area (Å²) in [4.78, 5) is 14.2. The fourth-order valence-electron chi connectivity index (χ4n) is 2.90. The third kappa shape index (κ3) is 3.02. The summed E-state index contributed by atoms with van der Waals surface area (Å²) in [5.74, 6) is 0.767. The molecular weight excluding hydrogens is 252 g/mol. The third-order valence-corrected chi connectivity index (χ3v) is 4.18. The molecule has 0 aromatic heterocycles. The van der Waals surface area contributed by atoms with Crippen LogP contribution in [0.15, 0.2) is 30.3 Å². The summed E-state index contributed by atoms with van der Waals surface area (Å²) in [6.45, 7) is 4.73. The second-order valence-corrected chi connectivity index (χ2v) is 5.69. The number of morpholine rings is 1. The minimum absolute atomic E-state index is 0.105. The molecule has 0 radical (unpaired) electrons. The Balaban J connectivity index is 1.50. The number of carbonyl (C=O) groups is 1. The van der Waals surface area contributed by atoms with Gasteiger partial charge in [-0.05, 0) is 18.9 Å². The molecule has 1 amide bonds. The van der Waals surface area contributed by atoms with Gasteiger partial charge in [0.25, 0.3) is 0 Å². The zero-order chi connectivity index (χ0) is 13.9. The van der Waals surface area contributed by atoms with Crippen molar-refractivity contribution in [2.24, 2.45) is 0 Å². The lowest BCUT2D eigenvalue weighted by molar-refractivity contribution is -0.137. The molecule has 1 saturated carbocycles. The first-order valence-electron chi connectivity index (χ1n) is 7.43. The summed E-state index contributed by atoms with van der Waals surface area (Å²) in [5, 5.41) is 3.47. The molecule has 1 aromatic carbocycles. The van der Waals surface area contributed by atoms with Crippen LogP contribution in [0.1, 0.15) is 24.8 Å². The largest absolute Gasteiger partial charge is 0.378 e. The number of amides is 1. The molecule has 20 heavy (non-hydrogen) atoms. The Kier molecular flexibility index (Phi) is 4.03. The number of hydrogen-bond donors (Lipinski definition) is 1. The number of benzene rings is 1. The van der Waals surface area contributed by atoms with Gasteiger partial charge in [-0.2, -0.15) is 0 Å². The van der Waals surface area contributed by atoms with E-state index in [9.17, 15) is 4.79 Å². The first kappa shape index (κ1) is 13.6. The second-order valence-electron chi connectivity index (χ2n) is 5.69. The highest BCUT2D eigenvalue weighted by Gasteiger charge is 2.40. The SMILES string of the molecule is CC(NC1CC1c1ccccc1)C(=O)N1CCOCC1. The predicted molar refractivity (Wildman–Crippen MR) is 77.6 cm³/mol. The Bertz CT molecular complexity index is 457. The van der Waals surface area contributed by atoms with Crippen LogP contribution in [-0.2, 0) is 9.53 Å². The van der Waals surface area contributed by atoms with Crippen molar-refractivity contribution in [3.8, 4) is 0 Å². The first-order valence-corrected chi connectivity index (χ1v) is 7.43. The molecular formula is C16H22N2O2. The predicted octanol–water partition coefficient (Wildman–Crippen LogP) is 1.38. The topological polar surface area (TPSA) is 41.6 Å². The zero-order valence-corrected chi connectivity index (χ0v) is 11.9. The average molecular weight is 274 g/mol. The summed E-state index contributed by atoms with van der Waals surface area (Å²) in [6.07, 6.45) is 1.13. The number of ether oxygens (including phenoxy) is 1. The van der Waals surface area contributed by atoms with Crippen LogP contribution in [0.25, 0.3) is 0 Å². The smallest absolute Gasteiger partial charge is 0.239 e. The van der Waals surface area contributed by atoms with Crippen LogP contribution in [0.3, 0.4) is 0 Å². The van der Waals surface area contributed by atoms with Crippen molar-refractivity contribution >= 4 is 5.91 Å². The molecule has 3 atom stereocenters. The maximum Gasteiger partial charge on any atom is 0.239 e. The number of nitrogens with one attached hydrogen (secondary N) is 1. The van der Waals surface area contributed by atoms with Gasteiger partial charge in [0, 0.05) is 25.0 Å². The van der Waals surface area contributed by atoms with Crippen LogP contribution in [0.5, 0.6) is 0 Å². The molecule has 2 aliphatic rings. The summed E-state index contributed by atoms with van der Waals surface area (Å²) < 4.78 is 5.28. The van der Waals surface area contributed by atoms with Gasteiger partial charge in [-0.3, -0.25) is 4.79 Å². The van der Waals surface area contributed by atoms with E-state index >= 15 is 0 Å². The van der Waals surface area contributed by atoms with E-state index in [0.717, 1.165) is 19.5 Å². The van der Waals surface area contributed by atoms with Gasteiger partial charge in [0.2, 0.25) is 5.91 Å². The molecule has 1 aliphatic heterocycles. The van der Waals surface area contributed by atoms with Crippen LogP contribution in [0.2, 0.25) is 0 Å². The van der Waals surface area contributed by atoms with Gasteiger partial charge in [0.05, 0.1) is 19.3 Å². The molecule has 1 N–H and O–H groups in total. The lowest BCUT2D eigenvalue weighted by Gasteiger charge is -2.29. The molecule has 2 fully saturated rings. The number of hydrogen-bond acceptors (Lipinski definition) is 3. The Hall–Kier alpha value is -1.39. The van der Waals surface area contributed by atoms with E-state index in [1.165, 1.54) is 5.56 Å². The minimum Gasteiger partial charge on any atom is -0.378 e. The molecule has 1 heterocycles. The Morgan fingerprint density at radius 1 is 1.30 bits per heavy atom. The van der Waals surface area contributed by atoms with Crippen molar-refractivity contribution in [3.05, 3.63) is 35.9 Å². The summed E-state index contributed by atoms with van der Waals surface area (Å²) >= 11 is 0. The zero-order valence-electron chi connectivity index (χ0n) is 11.9. The number of nitrogens with zero attached hydrogens (tertiary/aromatic N) is 1. The summed E-state index contributed by atoms with van der Waals surface area (Å²) in [7, 11) is 0. The highest BCUT2D eigenvalue weighted by atomic mass is 16.5. The normalized spacial score (nSPS) is 27.1. The molecule has 3 unspecified atom stereocenters. The van der Waals surface area contributed by atoms with Crippen molar-refractivity contribution in [1.29, 1.82) is 0 Å². The Morgan fingerprint density at radius 3 is 2.70 bits per heavy atom. The standard InChI is InChI=1S/C16H22N2O2/c1-12(16(19)18-7-9-20-10-8-18)17-15-11-14(15)13-5-3-2-4-6-13/h2-6,12,14-15,17H,7-11H2,1H3. The number of carbonyl (C=O) groups excluding carboxylic acids is 1. The van der Waals surface area contributed by atoms with Gasteiger partial charge in [-0.1, -0.05) is 30.3 Å². The molecule has 0 bridgehead atoms. The lowest BCUT2D eigenvalue weighted by atomic mass is 10.1. The molecule has 1 saturated heterocycles. The molecule has 4 heteroatoms. The van der Waals surface area contributed by atoms with E-state index in [1.807, 2.05) is 17.9 Å². The van der Waals surface area contributed by atoms with Crippen molar-refractivity contribution in [2.45, 2.75) is 31.3 Å². The highest BCUT2D eigenvalue weighted by Crippen LogP contribution is 2.40. The van der Waals surface area contributed by atoms with Crippen LogP contribution >= 0.6 is 0 Å². The quantitative estimate of drug-likeness (QED) is 0.902. The van der Waals surface area contributed by atoms with E-state index in [1.54, 1.807) is 0 Å². The molecule has 1 aliphatic carbocycles. The van der Waals surface area contributed by atoms with Crippen LogP contribution in [0.4, 0.5) is 0 Å². The van der Waals surface area contributed by atoms with E-state index < -0.39 is 0 Å². The van der Waals surface area contributed by atoms with Crippen LogP contribution in [-0.4, -0.2) is 49.2 Å². The van der Waals surface area contributed by atoms with Crippen molar-refractivity contribution in [1.82, 2.24) is 10.2 Å². The molecule has 108 valence electrons. The highest BCUT2D eigenvalue weighted by molar-refractivity contribution is 5.81. The Labute approximate surface area is 120 Å². The second kappa shape index (κ2) is 5.94. The van der Waals surface area contributed by atoms with Gasteiger partial charge < -0.3 is 15.0 Å². The van der Waals surface area contributed by atoms with Crippen molar-refractivity contribution < 1.29 is 9.53 Å². The maximum absolute atomic E-state index is 12.3. The third-order valence-electron chi connectivity index (χ3n) is 4.18. The first-order chi connectivity index (χ1) is 9.75. The minimum atomic E-state index is -0.105. The fraction of sp³-hybridized carbons (Fsp3) is 0.562. The maximum atomic E-state index is 12.3. The molecule has 4 nitrogen and oxygen atoms in total. The molecule has 0 spiro atoms. The van der Waals surface area contributed by atoms with Crippen molar-refractivity contribution in [3.63, 3.8) is 0 Å². The van der Waals surface area contributed by atoms with Gasteiger partial charge >= 0.3 is 0 Å². The average Bonchev–Trinajstić information content (AvgIpc) is 3.27. The number of rotatable bonds is 4. The van der Waals surface area contributed by atoms with Gasteiger partial charge in [-0.25, -0.2) is 0 Å². The van der Waals surface area contributed by atoms with Crippen molar-refractivity contribution in [2.75, 3.05) is 26.3 Å². The van der Waals surface area contributed by atoms with E-state index in [0.29, 0.717) is 25.2 Å². The Morgan fingerprint density at radius 2 is 2.00 bits per heavy atom. The van der Waals surface area contributed by atoms with Crippen LogP contribution in [0, 0.1) is 0 Å². The van der Waals surface area contributed by atoms with Crippen LogP contribution < -0.4 is 5.32 Å². The monoisotopic (exact) mass is 274 g/mol. The van der Waals surface area contributed by atoms with Gasteiger partial charge in [0.15, 0.2) is 0 Å². The van der Waals surface area contributed by atoms with E-state index in [4.69, 9.17) is 4.74 Å². The van der Waals surface area contributed by atoms with Gasteiger partial charge in [-0.15, -0.1) is 0 Å². The fourth-order valence-corrected chi connectivity index (χ4v) is 2.90. The summed E-state index contributed by atoms with van der Waals surface area (Å²) in [6, 6.07) is 10.9. The molecule has 1 aromatic rings. The molecule has 3 rings (SSSR count). The van der Waals surface area contributed by atoms with E-state index in [-0.39, 0.29) is 11.9 Å². The van der Waals surface area contributed by atoms with E-state index in [2.05, 4.69) is 29.6 Å².